The number of hydrogen-bond acceptors (Lipinski definition) is 6. The molecule has 0 atom stereocenters. The van der Waals surface area contributed by atoms with Crippen LogP contribution in [0.15, 0.2) is 18.2 Å². The van der Waals surface area contributed by atoms with Gasteiger partial charge in [0, 0.05) is 0 Å². The normalized spacial score (nSPS) is 15.8. The number of hydrogen-bond donors (Lipinski definition) is 1. The zero-order chi connectivity index (χ0) is 17.9. The van der Waals surface area contributed by atoms with E-state index in [1.165, 1.54) is 11.3 Å². The van der Waals surface area contributed by atoms with Crippen molar-refractivity contribution in [1.29, 1.82) is 0 Å². The first-order valence-corrected chi connectivity index (χ1v) is 9.20. The minimum atomic E-state index is -0.515. The molecule has 25 heavy (non-hydrogen) atoms. The van der Waals surface area contributed by atoms with Crippen LogP contribution in [0.1, 0.15) is 41.3 Å². The average molecular weight is 361 g/mol. The van der Waals surface area contributed by atoms with Crippen LogP contribution in [-0.4, -0.2) is 30.3 Å². The second-order valence-electron chi connectivity index (χ2n) is 6.26. The summed E-state index contributed by atoms with van der Waals surface area (Å²) in [4.78, 5) is 13.1. The Morgan fingerprint density at radius 2 is 1.92 bits per heavy atom. The SMILES string of the molecule is COc1ccc(C2(C(=O)NCc3nnc(C)s3)CCCC2)cc1OC. The van der Waals surface area contributed by atoms with Crippen molar-refractivity contribution in [3.05, 3.63) is 33.8 Å². The minimum Gasteiger partial charge on any atom is -0.493 e. The topological polar surface area (TPSA) is 73.3 Å². The van der Waals surface area contributed by atoms with Crippen molar-refractivity contribution in [2.24, 2.45) is 0 Å². The van der Waals surface area contributed by atoms with Gasteiger partial charge in [0.05, 0.1) is 26.2 Å². The molecule has 1 heterocycles. The molecule has 1 aromatic carbocycles. The number of nitrogens with zero attached hydrogens (tertiary/aromatic N) is 2. The van der Waals surface area contributed by atoms with E-state index in [2.05, 4.69) is 15.5 Å². The number of benzene rings is 1. The summed E-state index contributed by atoms with van der Waals surface area (Å²) in [6, 6.07) is 5.77. The summed E-state index contributed by atoms with van der Waals surface area (Å²) < 4.78 is 10.7. The zero-order valence-electron chi connectivity index (χ0n) is 14.8. The highest BCUT2D eigenvalue weighted by Gasteiger charge is 2.43. The lowest BCUT2D eigenvalue weighted by molar-refractivity contribution is -0.126. The monoisotopic (exact) mass is 361 g/mol. The van der Waals surface area contributed by atoms with Gasteiger partial charge >= 0.3 is 0 Å². The number of methoxy groups -OCH3 is 2. The van der Waals surface area contributed by atoms with Gasteiger partial charge in [-0.1, -0.05) is 30.2 Å². The number of carbonyl (C=O) groups excluding carboxylic acids is 1. The van der Waals surface area contributed by atoms with E-state index in [4.69, 9.17) is 9.47 Å². The van der Waals surface area contributed by atoms with E-state index in [1.54, 1.807) is 14.2 Å². The fraction of sp³-hybridized carbons (Fsp3) is 0.500. The number of amides is 1. The molecule has 7 heteroatoms. The smallest absolute Gasteiger partial charge is 0.231 e. The van der Waals surface area contributed by atoms with Gasteiger partial charge < -0.3 is 14.8 Å². The Labute approximate surface area is 151 Å². The molecule has 2 aromatic rings. The maximum atomic E-state index is 13.1. The molecule has 0 spiro atoms. The number of rotatable bonds is 6. The maximum absolute atomic E-state index is 13.1. The van der Waals surface area contributed by atoms with Crippen molar-refractivity contribution in [3.8, 4) is 11.5 Å². The number of ether oxygens (including phenoxy) is 2. The molecule has 1 aliphatic rings. The van der Waals surface area contributed by atoms with Gasteiger partial charge in [-0.25, -0.2) is 0 Å². The van der Waals surface area contributed by atoms with Gasteiger partial charge in [-0.2, -0.15) is 0 Å². The Balaban J connectivity index is 1.84. The number of carbonyl (C=O) groups is 1. The van der Waals surface area contributed by atoms with Crippen LogP contribution in [0.4, 0.5) is 0 Å². The first-order chi connectivity index (χ1) is 12.1. The zero-order valence-corrected chi connectivity index (χ0v) is 15.6. The van der Waals surface area contributed by atoms with Gasteiger partial charge in [-0.05, 0) is 37.5 Å². The van der Waals surface area contributed by atoms with Crippen molar-refractivity contribution < 1.29 is 14.3 Å². The van der Waals surface area contributed by atoms with Gasteiger partial charge in [-0.3, -0.25) is 4.79 Å². The van der Waals surface area contributed by atoms with E-state index in [9.17, 15) is 4.79 Å². The second kappa shape index (κ2) is 7.39. The van der Waals surface area contributed by atoms with Crippen molar-refractivity contribution in [3.63, 3.8) is 0 Å². The Kier molecular flexibility index (Phi) is 5.22. The fourth-order valence-electron chi connectivity index (χ4n) is 3.49. The molecule has 134 valence electrons. The third-order valence-electron chi connectivity index (χ3n) is 4.80. The number of aryl methyl sites for hydroxylation is 1. The van der Waals surface area contributed by atoms with Gasteiger partial charge in [0.2, 0.25) is 5.91 Å². The predicted molar refractivity (Wildman–Crippen MR) is 96.2 cm³/mol. The molecule has 6 nitrogen and oxygen atoms in total. The molecule has 0 radical (unpaired) electrons. The Morgan fingerprint density at radius 1 is 1.20 bits per heavy atom. The molecule has 1 amide bonds. The van der Waals surface area contributed by atoms with E-state index in [-0.39, 0.29) is 5.91 Å². The Bertz CT molecular complexity index is 754. The van der Waals surface area contributed by atoms with E-state index in [0.29, 0.717) is 18.0 Å². The number of nitrogens with one attached hydrogen (secondary N) is 1. The molecule has 1 fully saturated rings. The Morgan fingerprint density at radius 3 is 2.52 bits per heavy atom. The lowest BCUT2D eigenvalue weighted by atomic mass is 9.78. The van der Waals surface area contributed by atoms with Crippen LogP contribution in [0, 0.1) is 6.92 Å². The van der Waals surface area contributed by atoms with Crippen LogP contribution >= 0.6 is 11.3 Å². The first-order valence-electron chi connectivity index (χ1n) is 8.39. The quantitative estimate of drug-likeness (QED) is 0.856. The third kappa shape index (κ3) is 3.46. The lowest BCUT2D eigenvalue weighted by Gasteiger charge is -2.28. The molecular weight excluding hydrogens is 338 g/mol. The summed E-state index contributed by atoms with van der Waals surface area (Å²) in [6.07, 6.45) is 3.76. The van der Waals surface area contributed by atoms with E-state index < -0.39 is 5.41 Å². The average Bonchev–Trinajstić information content (AvgIpc) is 3.29. The Hall–Kier alpha value is -2.15. The van der Waals surface area contributed by atoms with Crippen LogP contribution in [0.2, 0.25) is 0 Å². The highest BCUT2D eigenvalue weighted by molar-refractivity contribution is 7.11. The summed E-state index contributed by atoms with van der Waals surface area (Å²) in [5.74, 6) is 1.37. The molecule has 1 saturated carbocycles. The van der Waals surface area contributed by atoms with Crippen molar-refractivity contribution in [1.82, 2.24) is 15.5 Å². The van der Waals surface area contributed by atoms with E-state index in [0.717, 1.165) is 41.3 Å². The van der Waals surface area contributed by atoms with Crippen LogP contribution in [0.5, 0.6) is 11.5 Å². The molecule has 3 rings (SSSR count). The van der Waals surface area contributed by atoms with Crippen molar-refractivity contribution >= 4 is 17.2 Å². The first kappa shape index (κ1) is 17.7. The van der Waals surface area contributed by atoms with Gasteiger partial charge in [-0.15, -0.1) is 10.2 Å². The third-order valence-corrected chi connectivity index (χ3v) is 5.63. The summed E-state index contributed by atoms with van der Waals surface area (Å²) in [6.45, 7) is 2.32. The summed E-state index contributed by atoms with van der Waals surface area (Å²) in [5, 5.41) is 12.9. The summed E-state index contributed by atoms with van der Waals surface area (Å²) in [7, 11) is 3.22. The summed E-state index contributed by atoms with van der Waals surface area (Å²) in [5.41, 5.74) is 0.466. The molecule has 0 bridgehead atoms. The standard InChI is InChI=1S/C18H23N3O3S/c1-12-20-21-16(25-12)11-19-17(22)18(8-4-5-9-18)13-6-7-14(23-2)15(10-13)24-3/h6-7,10H,4-5,8-9,11H2,1-3H3,(H,19,22). The minimum absolute atomic E-state index is 0.0464. The van der Waals surface area contributed by atoms with E-state index >= 15 is 0 Å². The van der Waals surface area contributed by atoms with Crippen LogP contribution < -0.4 is 14.8 Å². The maximum Gasteiger partial charge on any atom is 0.231 e. The molecular formula is C18H23N3O3S. The highest BCUT2D eigenvalue weighted by Crippen LogP contribution is 2.44. The lowest BCUT2D eigenvalue weighted by Crippen LogP contribution is -2.42. The highest BCUT2D eigenvalue weighted by atomic mass is 32.1. The van der Waals surface area contributed by atoms with Crippen LogP contribution in [0.3, 0.4) is 0 Å². The molecule has 1 N–H and O–H groups in total. The summed E-state index contributed by atoms with van der Waals surface area (Å²) >= 11 is 1.50. The molecule has 1 aromatic heterocycles. The molecule has 0 unspecified atom stereocenters. The van der Waals surface area contributed by atoms with Gasteiger partial charge in [0.15, 0.2) is 11.5 Å². The van der Waals surface area contributed by atoms with Crippen molar-refractivity contribution in [2.75, 3.05) is 14.2 Å². The largest absolute Gasteiger partial charge is 0.493 e. The van der Waals surface area contributed by atoms with Crippen molar-refractivity contribution in [2.45, 2.75) is 44.6 Å². The second-order valence-corrected chi connectivity index (χ2v) is 7.52. The van der Waals surface area contributed by atoms with Gasteiger partial charge in [0.1, 0.15) is 10.0 Å². The van der Waals surface area contributed by atoms with Crippen LogP contribution in [-0.2, 0) is 16.8 Å². The molecule has 0 aliphatic heterocycles. The fourth-order valence-corrected chi connectivity index (χ4v) is 4.14. The van der Waals surface area contributed by atoms with E-state index in [1.807, 2.05) is 25.1 Å². The molecule has 1 aliphatic carbocycles. The molecule has 0 saturated heterocycles. The van der Waals surface area contributed by atoms with Crippen LogP contribution in [0.25, 0.3) is 0 Å². The number of aromatic nitrogens is 2. The predicted octanol–water partition coefficient (Wildman–Crippen LogP) is 2.99. The van der Waals surface area contributed by atoms with Gasteiger partial charge in [0.25, 0.3) is 0 Å².